The summed E-state index contributed by atoms with van der Waals surface area (Å²) < 4.78 is 51.6. The Kier molecular flexibility index (Phi) is 8.87. The van der Waals surface area contributed by atoms with Gasteiger partial charge in [-0.1, -0.05) is 58.0 Å². The highest BCUT2D eigenvalue weighted by atomic mass is 79.9. The average molecular weight is 716 g/mol. The molecule has 0 spiro atoms. The maximum atomic E-state index is 14.5. The van der Waals surface area contributed by atoms with Gasteiger partial charge >= 0.3 is 10.9 Å². The molecule has 2 aromatic heterocycles. The van der Waals surface area contributed by atoms with Gasteiger partial charge in [0.25, 0.3) is 9.84 Å². The minimum Gasteiger partial charge on any atom is -0.451 e. The number of likely N-dealkylation sites (tertiary alicyclic amines) is 1. The molecule has 0 bridgehead atoms. The van der Waals surface area contributed by atoms with Crippen molar-refractivity contribution in [1.29, 1.82) is 0 Å². The molecule has 1 fully saturated rings. The van der Waals surface area contributed by atoms with Crippen LogP contribution in [-0.2, 0) is 14.6 Å². The molecule has 0 unspecified atom stereocenters. The summed E-state index contributed by atoms with van der Waals surface area (Å²) in [5.41, 5.74) is 0.890. The summed E-state index contributed by atoms with van der Waals surface area (Å²) in [7, 11) is -4.24. The fourth-order valence-electron chi connectivity index (χ4n) is 4.76. The number of carbonyl (C=O) groups is 1. The molecule has 1 aliphatic rings. The lowest BCUT2D eigenvalue weighted by molar-refractivity contribution is -0.832. The van der Waals surface area contributed by atoms with Crippen LogP contribution in [-0.4, -0.2) is 59.3 Å². The molecule has 6 rings (SSSR count). The summed E-state index contributed by atoms with van der Waals surface area (Å²) in [6, 6.07) is 19.4. The number of thioether (sulfide) groups is 1. The van der Waals surface area contributed by atoms with Crippen LogP contribution < -0.4 is 15.0 Å². The Bertz CT molecular complexity index is 1970. The van der Waals surface area contributed by atoms with Crippen LogP contribution in [0.4, 0.5) is 15.9 Å². The van der Waals surface area contributed by atoms with E-state index in [1.165, 1.54) is 30.3 Å². The van der Waals surface area contributed by atoms with Crippen molar-refractivity contribution in [2.75, 3.05) is 24.2 Å². The number of aromatic nitrogens is 4. The van der Waals surface area contributed by atoms with E-state index in [0.717, 1.165) is 11.8 Å². The highest BCUT2D eigenvalue weighted by molar-refractivity contribution is 9.10. The van der Waals surface area contributed by atoms with Crippen molar-refractivity contribution < 1.29 is 31.9 Å². The Labute approximate surface area is 269 Å². The van der Waals surface area contributed by atoms with E-state index in [1.807, 2.05) is 24.3 Å². The van der Waals surface area contributed by atoms with E-state index in [4.69, 9.17) is 4.74 Å². The second-order valence-corrected chi connectivity index (χ2v) is 13.7. The van der Waals surface area contributed by atoms with Crippen molar-refractivity contribution in [1.82, 2.24) is 20.0 Å². The summed E-state index contributed by atoms with van der Waals surface area (Å²) in [4.78, 5) is 23.6. The normalized spacial score (nSPS) is 14.0. The van der Waals surface area contributed by atoms with Crippen molar-refractivity contribution in [3.8, 4) is 5.88 Å². The molecule has 45 heavy (non-hydrogen) atoms. The Morgan fingerprint density at radius 2 is 1.84 bits per heavy atom. The number of carbonyl (C=O) groups excluding carboxylic acids is 1. The first-order chi connectivity index (χ1) is 21.7. The number of ether oxygens (including phenoxy) is 1. The van der Waals surface area contributed by atoms with Crippen LogP contribution in [0.2, 0.25) is 0 Å². The van der Waals surface area contributed by atoms with Gasteiger partial charge in [-0.05, 0) is 47.4 Å². The van der Waals surface area contributed by atoms with Crippen molar-refractivity contribution in [3.63, 3.8) is 0 Å². The van der Waals surface area contributed by atoms with Gasteiger partial charge in [0.2, 0.25) is 5.91 Å². The first-order valence-electron chi connectivity index (χ1n) is 13.6. The van der Waals surface area contributed by atoms with Gasteiger partial charge in [0.1, 0.15) is 17.7 Å². The molecule has 3 aromatic carbocycles. The molecular weight excluding hydrogens is 691 g/mol. The number of nitrogens with zero attached hydrogens (tertiary/aromatic N) is 5. The molecule has 0 atom stereocenters. The third-order valence-corrected chi connectivity index (χ3v) is 10.1. The SMILES string of the molecule is O=C(CSc1nc(Nc2ccc(Br)cc2F)c2ccccc2n1)N1CCC(Oc2no[n+]([O-])c2S(=O)(=O)c2ccccc2)CC1. The van der Waals surface area contributed by atoms with Crippen LogP contribution in [0.5, 0.6) is 5.88 Å². The predicted octanol–water partition coefficient (Wildman–Crippen LogP) is 4.89. The van der Waals surface area contributed by atoms with Gasteiger partial charge in [-0.3, -0.25) is 9.42 Å². The van der Waals surface area contributed by atoms with Crippen molar-refractivity contribution in [3.05, 3.63) is 88.3 Å². The van der Waals surface area contributed by atoms with E-state index in [-0.39, 0.29) is 27.1 Å². The van der Waals surface area contributed by atoms with Gasteiger partial charge in [-0.15, -0.1) is 0 Å². The number of halogens is 2. The van der Waals surface area contributed by atoms with Gasteiger partial charge in [0.05, 0.1) is 27.0 Å². The molecule has 16 heteroatoms. The fraction of sp³-hybridized carbons (Fsp3) is 0.207. The second-order valence-electron chi connectivity index (χ2n) is 9.96. The minimum atomic E-state index is -4.24. The van der Waals surface area contributed by atoms with Crippen LogP contribution in [0.25, 0.3) is 10.9 Å². The number of hydrogen-bond donors (Lipinski definition) is 1. The molecule has 3 heterocycles. The lowest BCUT2D eigenvalue weighted by atomic mass is 10.1. The van der Waals surface area contributed by atoms with Gasteiger partial charge in [-0.25, -0.2) is 22.8 Å². The number of anilines is 2. The van der Waals surface area contributed by atoms with Crippen LogP contribution >= 0.6 is 27.7 Å². The average Bonchev–Trinajstić information content (AvgIpc) is 3.42. The topological polar surface area (TPSA) is 154 Å². The van der Waals surface area contributed by atoms with Crippen LogP contribution in [0.1, 0.15) is 12.8 Å². The van der Waals surface area contributed by atoms with Crippen LogP contribution in [0.15, 0.2) is 97.0 Å². The first kappa shape index (κ1) is 30.7. The van der Waals surface area contributed by atoms with Gasteiger partial charge in [-0.2, -0.15) is 0 Å². The zero-order valence-electron chi connectivity index (χ0n) is 23.3. The van der Waals surface area contributed by atoms with Gasteiger partial charge < -0.3 is 20.2 Å². The molecule has 12 nitrogen and oxygen atoms in total. The monoisotopic (exact) mass is 714 g/mol. The van der Waals surface area contributed by atoms with E-state index >= 15 is 0 Å². The number of fused-ring (bicyclic) bond motifs is 1. The van der Waals surface area contributed by atoms with E-state index in [2.05, 4.69) is 41.0 Å². The fourth-order valence-corrected chi connectivity index (χ4v) is 7.13. The van der Waals surface area contributed by atoms with Gasteiger partial charge in [0.15, 0.2) is 5.16 Å². The molecule has 0 aliphatic carbocycles. The quantitative estimate of drug-likeness (QED) is 0.126. The van der Waals surface area contributed by atoms with Crippen molar-refractivity contribution >= 4 is 65.8 Å². The minimum absolute atomic E-state index is 0.0644. The van der Waals surface area contributed by atoms with E-state index in [0.29, 0.717) is 52.3 Å². The Hall–Kier alpha value is -4.28. The highest BCUT2D eigenvalue weighted by Crippen LogP contribution is 2.30. The zero-order valence-corrected chi connectivity index (χ0v) is 26.5. The number of rotatable bonds is 9. The van der Waals surface area contributed by atoms with Crippen molar-refractivity contribution in [2.24, 2.45) is 0 Å². The Morgan fingerprint density at radius 3 is 2.60 bits per heavy atom. The smallest absolute Gasteiger partial charge is 0.415 e. The summed E-state index contributed by atoms with van der Waals surface area (Å²) >= 11 is 4.42. The standard InChI is InChI=1S/C29H24BrFN6O6S2/c30-18-10-11-24(22(31)16-18)32-26-21-8-4-5-9-23(21)33-29(34-26)44-17-25(38)36-14-12-19(13-15-36)42-27-28(37(39)43-35-27)45(40,41)20-6-2-1-3-7-20/h1-11,16,19H,12-15,17H2,(H,32,33,34). The third kappa shape index (κ3) is 6.72. The highest BCUT2D eigenvalue weighted by Gasteiger charge is 2.37. The zero-order chi connectivity index (χ0) is 31.6. The first-order valence-corrected chi connectivity index (χ1v) is 16.9. The molecule has 5 aromatic rings. The maximum absolute atomic E-state index is 14.5. The third-order valence-electron chi connectivity index (χ3n) is 7.02. The Balaban J connectivity index is 1.08. The maximum Gasteiger partial charge on any atom is 0.415 e. The van der Waals surface area contributed by atoms with E-state index in [9.17, 15) is 22.8 Å². The van der Waals surface area contributed by atoms with E-state index in [1.54, 1.807) is 23.1 Å². The van der Waals surface area contributed by atoms with Crippen LogP contribution in [0, 0.1) is 11.0 Å². The molecule has 1 aliphatic heterocycles. The largest absolute Gasteiger partial charge is 0.451 e. The summed E-state index contributed by atoms with van der Waals surface area (Å²) in [5.74, 6) is -0.538. The van der Waals surface area contributed by atoms with E-state index < -0.39 is 32.7 Å². The van der Waals surface area contributed by atoms with Gasteiger partial charge in [0, 0.05) is 35.8 Å². The summed E-state index contributed by atoms with van der Waals surface area (Å²) in [6.45, 7) is 0.683. The molecular formula is C29H24BrFN6O6S2. The lowest BCUT2D eigenvalue weighted by Gasteiger charge is -2.31. The second kappa shape index (κ2) is 13.0. The molecule has 0 radical (unpaired) electrons. The molecule has 232 valence electrons. The lowest BCUT2D eigenvalue weighted by Crippen LogP contribution is -2.42. The number of piperidine rings is 1. The molecule has 0 saturated carbocycles. The molecule has 1 amide bonds. The number of sulfone groups is 1. The predicted molar refractivity (Wildman–Crippen MR) is 165 cm³/mol. The van der Waals surface area contributed by atoms with Crippen molar-refractivity contribution in [2.45, 2.75) is 34.0 Å². The molecule has 1 saturated heterocycles. The van der Waals surface area contributed by atoms with Crippen LogP contribution in [0.3, 0.4) is 0 Å². The number of amides is 1. The summed E-state index contributed by atoms with van der Waals surface area (Å²) in [5, 5.41) is 19.1. The Morgan fingerprint density at radius 1 is 1.11 bits per heavy atom. The number of hydrogen-bond acceptors (Lipinski definition) is 11. The molecule has 1 N–H and O–H groups in total. The number of para-hydroxylation sites is 1. The summed E-state index contributed by atoms with van der Waals surface area (Å²) in [6.07, 6.45) is 0.270. The number of benzene rings is 3. The number of nitrogens with one attached hydrogen (secondary N) is 1.